The number of ether oxygens (including phenoxy) is 3. The number of pyridine rings is 1. The molecular weight excluding hydrogens is 462 g/mol. The topological polar surface area (TPSA) is 124 Å². The van der Waals surface area contributed by atoms with E-state index in [1.807, 2.05) is 0 Å². The number of carbonyl (C=O) groups excluding carboxylic acids is 4. The molecule has 0 spiro atoms. The van der Waals surface area contributed by atoms with Crippen LogP contribution >= 0.6 is 11.8 Å². The molecule has 2 aromatic rings. The van der Waals surface area contributed by atoms with Crippen LogP contribution < -0.4 is 14.8 Å². The fourth-order valence-corrected chi connectivity index (χ4v) is 4.03. The SMILES string of the molecule is O=C(COC(=O)c1ccc2c(c1)OCCCO2)NCCN1C(=O)S/C(=C\c2cccnc2)C1=O. The summed E-state index contributed by atoms with van der Waals surface area (Å²) < 4.78 is 16.1. The lowest BCUT2D eigenvalue weighted by atomic mass is 10.2. The van der Waals surface area contributed by atoms with Gasteiger partial charge in [0.05, 0.1) is 23.7 Å². The molecule has 1 aromatic carbocycles. The third-order valence-corrected chi connectivity index (χ3v) is 5.74. The van der Waals surface area contributed by atoms with Crippen LogP contribution in [0, 0.1) is 0 Å². The van der Waals surface area contributed by atoms with Gasteiger partial charge in [-0.3, -0.25) is 24.3 Å². The van der Waals surface area contributed by atoms with E-state index in [0.29, 0.717) is 30.3 Å². The molecule has 1 aromatic heterocycles. The second-order valence-corrected chi connectivity index (χ2v) is 8.25. The molecule has 0 bridgehead atoms. The summed E-state index contributed by atoms with van der Waals surface area (Å²) in [5.74, 6) is -0.674. The number of nitrogens with zero attached hydrogens (tertiary/aromatic N) is 2. The van der Waals surface area contributed by atoms with Gasteiger partial charge in [0, 0.05) is 31.9 Å². The molecule has 3 amide bonds. The summed E-state index contributed by atoms with van der Waals surface area (Å²) in [5, 5.41) is 2.11. The summed E-state index contributed by atoms with van der Waals surface area (Å²) in [5.41, 5.74) is 0.937. The third-order valence-electron chi connectivity index (χ3n) is 4.83. The van der Waals surface area contributed by atoms with Gasteiger partial charge in [-0.05, 0) is 47.7 Å². The number of carbonyl (C=O) groups is 4. The van der Waals surface area contributed by atoms with Crippen LogP contribution in [0.3, 0.4) is 0 Å². The van der Waals surface area contributed by atoms with Crippen molar-refractivity contribution in [2.75, 3.05) is 32.9 Å². The second-order valence-electron chi connectivity index (χ2n) is 7.26. The molecule has 0 atom stereocenters. The van der Waals surface area contributed by atoms with Gasteiger partial charge in [0.1, 0.15) is 0 Å². The van der Waals surface area contributed by atoms with Crippen molar-refractivity contribution in [2.45, 2.75) is 6.42 Å². The molecule has 2 aliphatic heterocycles. The number of hydrogen-bond acceptors (Lipinski definition) is 9. The van der Waals surface area contributed by atoms with Crippen LogP contribution in [0.25, 0.3) is 6.08 Å². The summed E-state index contributed by atoms with van der Waals surface area (Å²) in [6, 6.07) is 8.17. The summed E-state index contributed by atoms with van der Waals surface area (Å²) >= 11 is 0.828. The molecule has 2 aliphatic rings. The molecule has 11 heteroatoms. The average molecular weight is 484 g/mol. The smallest absolute Gasteiger partial charge is 0.338 e. The maximum atomic E-state index is 12.5. The molecule has 176 valence electrons. The average Bonchev–Trinajstić information content (AvgIpc) is 3.00. The highest BCUT2D eigenvalue weighted by molar-refractivity contribution is 8.18. The number of esters is 1. The van der Waals surface area contributed by atoms with Gasteiger partial charge in [0.25, 0.3) is 17.1 Å². The Balaban J connectivity index is 1.23. The number of aromatic nitrogens is 1. The van der Waals surface area contributed by atoms with Crippen molar-refractivity contribution in [1.82, 2.24) is 15.2 Å². The minimum Gasteiger partial charge on any atom is -0.490 e. The van der Waals surface area contributed by atoms with Crippen LogP contribution in [0.15, 0.2) is 47.6 Å². The summed E-state index contributed by atoms with van der Waals surface area (Å²) in [4.78, 5) is 54.3. The highest BCUT2D eigenvalue weighted by Crippen LogP contribution is 2.32. The molecule has 34 heavy (non-hydrogen) atoms. The second kappa shape index (κ2) is 10.8. The lowest BCUT2D eigenvalue weighted by Gasteiger charge is -2.13. The molecule has 4 rings (SSSR count). The third kappa shape index (κ3) is 5.73. The largest absolute Gasteiger partial charge is 0.490 e. The van der Waals surface area contributed by atoms with Crippen LogP contribution in [-0.2, 0) is 14.3 Å². The van der Waals surface area contributed by atoms with Gasteiger partial charge < -0.3 is 19.5 Å². The number of benzene rings is 1. The van der Waals surface area contributed by atoms with Crippen LogP contribution in [0.2, 0.25) is 0 Å². The first-order valence-electron chi connectivity index (χ1n) is 10.5. The number of imide groups is 1. The van der Waals surface area contributed by atoms with Crippen molar-refractivity contribution in [2.24, 2.45) is 0 Å². The zero-order valence-electron chi connectivity index (χ0n) is 18.0. The predicted octanol–water partition coefficient (Wildman–Crippen LogP) is 2.25. The molecular formula is C23H21N3O7S. The highest BCUT2D eigenvalue weighted by atomic mass is 32.2. The Hall–Kier alpha value is -3.86. The fourth-order valence-electron chi connectivity index (χ4n) is 3.17. The molecule has 10 nitrogen and oxygen atoms in total. The van der Waals surface area contributed by atoms with Crippen LogP contribution in [0.5, 0.6) is 11.5 Å². The van der Waals surface area contributed by atoms with Gasteiger partial charge >= 0.3 is 5.97 Å². The van der Waals surface area contributed by atoms with Crippen molar-refractivity contribution in [3.63, 3.8) is 0 Å². The number of hydrogen-bond donors (Lipinski definition) is 1. The van der Waals surface area contributed by atoms with Gasteiger partial charge in [-0.25, -0.2) is 4.79 Å². The summed E-state index contributed by atoms with van der Waals surface area (Å²) in [7, 11) is 0. The number of rotatable bonds is 7. The molecule has 0 unspecified atom stereocenters. The van der Waals surface area contributed by atoms with E-state index in [1.165, 1.54) is 12.1 Å². The first kappa shape index (κ1) is 23.3. The van der Waals surface area contributed by atoms with E-state index in [0.717, 1.165) is 23.1 Å². The zero-order chi connectivity index (χ0) is 23.9. The Morgan fingerprint density at radius 3 is 2.79 bits per heavy atom. The van der Waals surface area contributed by atoms with E-state index >= 15 is 0 Å². The van der Waals surface area contributed by atoms with E-state index in [1.54, 1.807) is 36.7 Å². The van der Waals surface area contributed by atoms with Crippen molar-refractivity contribution in [3.8, 4) is 11.5 Å². The van der Waals surface area contributed by atoms with E-state index < -0.39 is 29.6 Å². The van der Waals surface area contributed by atoms with E-state index in [-0.39, 0.29) is 23.6 Å². The van der Waals surface area contributed by atoms with Crippen LogP contribution in [0.4, 0.5) is 4.79 Å². The molecule has 0 saturated carbocycles. The van der Waals surface area contributed by atoms with Crippen molar-refractivity contribution >= 4 is 40.9 Å². The molecule has 0 radical (unpaired) electrons. The Labute approximate surface area is 199 Å². The molecule has 3 heterocycles. The van der Waals surface area contributed by atoms with Crippen molar-refractivity contribution in [3.05, 3.63) is 58.8 Å². The maximum Gasteiger partial charge on any atom is 0.338 e. The van der Waals surface area contributed by atoms with Crippen molar-refractivity contribution in [1.29, 1.82) is 0 Å². The zero-order valence-corrected chi connectivity index (χ0v) is 18.8. The summed E-state index contributed by atoms with van der Waals surface area (Å²) in [6.07, 6.45) is 5.53. The minimum atomic E-state index is -0.683. The lowest BCUT2D eigenvalue weighted by molar-refractivity contribution is -0.125. The fraction of sp³-hybridized carbons (Fsp3) is 0.261. The number of thioether (sulfide) groups is 1. The van der Waals surface area contributed by atoms with Crippen LogP contribution in [0.1, 0.15) is 22.3 Å². The van der Waals surface area contributed by atoms with E-state index in [2.05, 4.69) is 10.3 Å². The first-order chi connectivity index (χ1) is 16.5. The van der Waals surface area contributed by atoms with Crippen LogP contribution in [-0.4, -0.2) is 65.8 Å². The van der Waals surface area contributed by atoms with Gasteiger partial charge in [0.2, 0.25) is 0 Å². The molecule has 0 aliphatic carbocycles. The maximum absolute atomic E-state index is 12.5. The van der Waals surface area contributed by atoms with Gasteiger partial charge in [-0.2, -0.15) is 0 Å². The minimum absolute atomic E-state index is 0.00308. The predicted molar refractivity (Wildman–Crippen MR) is 122 cm³/mol. The molecule has 1 N–H and O–H groups in total. The molecule has 1 saturated heterocycles. The first-order valence-corrected chi connectivity index (χ1v) is 11.3. The van der Waals surface area contributed by atoms with Gasteiger partial charge in [0.15, 0.2) is 18.1 Å². The highest BCUT2D eigenvalue weighted by Gasteiger charge is 2.34. The Morgan fingerprint density at radius 2 is 2.00 bits per heavy atom. The Morgan fingerprint density at radius 1 is 1.18 bits per heavy atom. The summed E-state index contributed by atoms with van der Waals surface area (Å²) in [6.45, 7) is 0.535. The Kier molecular flexibility index (Phi) is 7.43. The number of amides is 3. The number of nitrogens with one attached hydrogen (secondary N) is 1. The van der Waals surface area contributed by atoms with E-state index in [4.69, 9.17) is 14.2 Å². The number of fused-ring (bicyclic) bond motifs is 1. The van der Waals surface area contributed by atoms with E-state index in [9.17, 15) is 19.2 Å². The standard InChI is InChI=1S/C23H21N3O7S/c27-20(14-33-22(29)16-4-5-17-18(12-16)32-10-2-9-31-17)25-7-8-26-21(28)19(34-23(26)30)11-15-3-1-6-24-13-15/h1,3-6,11-13H,2,7-10,14H2,(H,25,27)/b19-11-. The van der Waals surface area contributed by atoms with Gasteiger partial charge in [-0.1, -0.05) is 6.07 Å². The monoisotopic (exact) mass is 483 g/mol. The normalized spacial score (nSPS) is 16.4. The van der Waals surface area contributed by atoms with Gasteiger partial charge in [-0.15, -0.1) is 0 Å². The quantitative estimate of drug-likeness (QED) is 0.466. The molecule has 1 fully saturated rings. The Bertz CT molecular complexity index is 1140. The van der Waals surface area contributed by atoms with Crippen molar-refractivity contribution < 1.29 is 33.4 Å². The lowest BCUT2D eigenvalue weighted by Crippen LogP contribution is -2.38.